The molecule has 11 aromatic carbocycles. The van der Waals surface area contributed by atoms with Crippen LogP contribution in [0.15, 0.2) is 273 Å². The van der Waals surface area contributed by atoms with E-state index >= 15 is 0 Å². The number of rotatable bonds is 8. The van der Waals surface area contributed by atoms with E-state index < -0.39 is 5.41 Å². The number of hydrogen-bond acceptors (Lipinski definition) is 2. The maximum Gasteiger partial charge on any atom is 0.0756 e. The van der Waals surface area contributed by atoms with E-state index in [0.717, 1.165) is 34.1 Å². The van der Waals surface area contributed by atoms with Gasteiger partial charge in [-0.3, -0.25) is 0 Å². The molecule has 0 N–H and O–H groups in total. The molecule has 14 rings (SSSR count). The van der Waals surface area contributed by atoms with Gasteiger partial charge < -0.3 is 14.4 Å². The van der Waals surface area contributed by atoms with Gasteiger partial charge in [-0.2, -0.15) is 0 Å². The summed E-state index contributed by atoms with van der Waals surface area (Å²) >= 11 is 0. The molecule has 3 heteroatoms. The molecule has 12 aromatic rings. The molecular formula is C67H45N3. The first kappa shape index (κ1) is 39.9. The lowest BCUT2D eigenvalue weighted by Gasteiger charge is -2.40. The van der Waals surface area contributed by atoms with Crippen LogP contribution in [0.5, 0.6) is 0 Å². The smallest absolute Gasteiger partial charge is 0.0756 e. The summed E-state index contributed by atoms with van der Waals surface area (Å²) in [4.78, 5) is 4.97. The molecule has 0 atom stereocenters. The van der Waals surface area contributed by atoms with E-state index in [2.05, 4.69) is 287 Å². The van der Waals surface area contributed by atoms with Crippen LogP contribution in [-0.4, -0.2) is 4.57 Å². The molecule has 2 heterocycles. The van der Waals surface area contributed by atoms with Gasteiger partial charge in [-0.05, 0) is 117 Å². The fourth-order valence-electron chi connectivity index (χ4n) is 12.0. The molecule has 70 heavy (non-hydrogen) atoms. The van der Waals surface area contributed by atoms with Crippen LogP contribution in [0, 0.1) is 0 Å². The second-order valence-corrected chi connectivity index (χ2v) is 18.4. The maximum atomic E-state index is 2.53. The Morgan fingerprint density at radius 1 is 0.286 bits per heavy atom. The van der Waals surface area contributed by atoms with Crippen LogP contribution in [0.4, 0.5) is 34.1 Å². The highest BCUT2D eigenvalue weighted by Crippen LogP contribution is 2.65. The van der Waals surface area contributed by atoms with Gasteiger partial charge in [-0.1, -0.05) is 200 Å². The molecule has 3 nitrogen and oxygen atoms in total. The molecule has 2 aliphatic rings. The molecule has 0 saturated carbocycles. The molecule has 1 aromatic heterocycles. The average Bonchev–Trinajstić information content (AvgIpc) is 3.94. The summed E-state index contributed by atoms with van der Waals surface area (Å²) in [7, 11) is 0. The Morgan fingerprint density at radius 3 is 1.26 bits per heavy atom. The summed E-state index contributed by atoms with van der Waals surface area (Å²) in [5.41, 5.74) is 21.7. The third kappa shape index (κ3) is 5.88. The Kier molecular flexibility index (Phi) is 9.11. The zero-order chi connectivity index (χ0) is 46.2. The molecule has 0 fully saturated rings. The third-order valence-corrected chi connectivity index (χ3v) is 14.7. The quantitative estimate of drug-likeness (QED) is 0.151. The van der Waals surface area contributed by atoms with E-state index in [-0.39, 0.29) is 0 Å². The fourth-order valence-corrected chi connectivity index (χ4v) is 12.0. The van der Waals surface area contributed by atoms with Gasteiger partial charge in [0.2, 0.25) is 0 Å². The second kappa shape index (κ2) is 16.0. The van der Waals surface area contributed by atoms with E-state index in [1.165, 1.54) is 83.1 Å². The van der Waals surface area contributed by atoms with Crippen molar-refractivity contribution in [2.45, 2.75) is 5.41 Å². The minimum Gasteiger partial charge on any atom is -0.310 e. The van der Waals surface area contributed by atoms with Crippen molar-refractivity contribution < 1.29 is 0 Å². The number of hydrogen-bond donors (Lipinski definition) is 0. The van der Waals surface area contributed by atoms with Crippen molar-refractivity contribution in [3.8, 4) is 39.1 Å². The Labute approximate surface area is 408 Å². The highest BCUT2D eigenvalue weighted by Gasteiger charge is 2.53. The van der Waals surface area contributed by atoms with E-state index in [1.54, 1.807) is 0 Å². The average molecular weight is 892 g/mol. The van der Waals surface area contributed by atoms with Crippen molar-refractivity contribution in [2.24, 2.45) is 0 Å². The van der Waals surface area contributed by atoms with Gasteiger partial charge in [0.1, 0.15) is 0 Å². The summed E-state index contributed by atoms with van der Waals surface area (Å²) in [5.74, 6) is 0. The number of nitrogens with zero attached hydrogens (tertiary/aromatic N) is 3. The molecule has 0 unspecified atom stereocenters. The molecule has 1 aliphatic carbocycles. The maximum absolute atomic E-state index is 2.53. The Hall–Kier alpha value is -9.18. The zero-order valence-corrected chi connectivity index (χ0v) is 38.3. The summed E-state index contributed by atoms with van der Waals surface area (Å²) in [6, 6.07) is 101. The van der Waals surface area contributed by atoms with Crippen molar-refractivity contribution in [3.05, 3.63) is 295 Å². The normalized spacial score (nSPS) is 12.7. The molecule has 328 valence electrons. The van der Waals surface area contributed by atoms with Crippen LogP contribution >= 0.6 is 0 Å². The van der Waals surface area contributed by atoms with Crippen LogP contribution in [0.3, 0.4) is 0 Å². The number of para-hydroxylation sites is 5. The monoisotopic (exact) mass is 891 g/mol. The Morgan fingerprint density at radius 2 is 0.686 bits per heavy atom. The van der Waals surface area contributed by atoms with Crippen molar-refractivity contribution in [3.63, 3.8) is 0 Å². The highest BCUT2D eigenvalue weighted by atomic mass is 15.2. The third-order valence-electron chi connectivity index (χ3n) is 14.7. The minimum atomic E-state index is -0.695. The van der Waals surface area contributed by atoms with Crippen LogP contribution in [0.2, 0.25) is 0 Å². The molecule has 0 amide bonds. The summed E-state index contributed by atoms with van der Waals surface area (Å²) in [6.07, 6.45) is 0. The van der Waals surface area contributed by atoms with Gasteiger partial charge in [0, 0.05) is 44.6 Å². The van der Waals surface area contributed by atoms with Crippen LogP contribution in [0.1, 0.15) is 22.3 Å². The lowest BCUT2D eigenvalue weighted by atomic mass is 9.65. The van der Waals surface area contributed by atoms with Gasteiger partial charge in [0.25, 0.3) is 0 Å². The van der Waals surface area contributed by atoms with Crippen LogP contribution in [0.25, 0.3) is 60.9 Å². The van der Waals surface area contributed by atoms with Crippen molar-refractivity contribution in [2.75, 3.05) is 9.80 Å². The first-order valence-corrected chi connectivity index (χ1v) is 24.2. The van der Waals surface area contributed by atoms with E-state index in [9.17, 15) is 0 Å². The summed E-state index contributed by atoms with van der Waals surface area (Å²) in [5, 5.41) is 2.52. The lowest BCUT2D eigenvalue weighted by Crippen LogP contribution is -2.33. The fraction of sp³-hybridized carbons (Fsp3) is 0.0149. The van der Waals surface area contributed by atoms with E-state index in [0.29, 0.717) is 0 Å². The first-order chi connectivity index (χ1) is 34.8. The van der Waals surface area contributed by atoms with Crippen molar-refractivity contribution >= 4 is 55.9 Å². The highest BCUT2D eigenvalue weighted by molar-refractivity contribution is 6.14. The Balaban J connectivity index is 1.13. The summed E-state index contributed by atoms with van der Waals surface area (Å²) < 4.78 is 2.53. The van der Waals surface area contributed by atoms with Crippen LogP contribution in [-0.2, 0) is 5.41 Å². The molecule has 1 aliphatic heterocycles. The molecular weight excluding hydrogens is 847 g/mol. The van der Waals surface area contributed by atoms with E-state index in [1.807, 2.05) is 0 Å². The van der Waals surface area contributed by atoms with Gasteiger partial charge in [-0.15, -0.1) is 0 Å². The van der Waals surface area contributed by atoms with Gasteiger partial charge in [-0.25, -0.2) is 0 Å². The zero-order valence-electron chi connectivity index (χ0n) is 38.3. The Bertz CT molecular complexity index is 3770. The topological polar surface area (TPSA) is 11.4 Å². The first-order valence-electron chi connectivity index (χ1n) is 24.2. The molecule has 0 bridgehead atoms. The van der Waals surface area contributed by atoms with E-state index in [4.69, 9.17) is 0 Å². The number of fused-ring (bicyclic) bond motifs is 12. The van der Waals surface area contributed by atoms with Gasteiger partial charge >= 0.3 is 0 Å². The molecule has 1 spiro atoms. The van der Waals surface area contributed by atoms with Crippen molar-refractivity contribution in [1.82, 2.24) is 4.57 Å². The number of benzene rings is 11. The SMILES string of the molecule is c1ccc(-c2cccc(N(c3ccccc3)c3cccc4c3-c3c(N(c5ccccc5)c5cccc(-c6ccccc6)c5)cccc3C43c4ccccc4-n4c5ccccc5c5cccc3c54)c2)cc1. The largest absolute Gasteiger partial charge is 0.310 e. The predicted octanol–water partition coefficient (Wildman–Crippen LogP) is 17.7. The molecule has 0 saturated heterocycles. The summed E-state index contributed by atoms with van der Waals surface area (Å²) in [6.45, 7) is 0. The van der Waals surface area contributed by atoms with Crippen molar-refractivity contribution in [1.29, 1.82) is 0 Å². The van der Waals surface area contributed by atoms with Crippen LogP contribution < -0.4 is 9.80 Å². The lowest BCUT2D eigenvalue weighted by molar-refractivity contribution is 0.748. The second-order valence-electron chi connectivity index (χ2n) is 18.4. The minimum absolute atomic E-state index is 0.695. The molecule has 0 radical (unpaired) electrons. The number of anilines is 6. The predicted molar refractivity (Wildman–Crippen MR) is 292 cm³/mol. The van der Waals surface area contributed by atoms with Gasteiger partial charge in [0.05, 0.1) is 33.5 Å². The number of aromatic nitrogens is 1. The van der Waals surface area contributed by atoms with Gasteiger partial charge in [0.15, 0.2) is 0 Å². The standard InChI is InChI=1S/C67H45N3/c1-5-22-46(23-6-1)48-26-17-32-52(44-48)68(50-28-9-3-10-29-50)62-42-20-37-57-64(62)65-58(67(57)56-36-14-16-41-61(56)70-60-40-15-13-34-54(60)55-35-19-39-59(67)66(55)70)38-21-43-63(65)69(51-30-11-4-12-31-51)53-33-18-27-49(45-53)47-24-7-2-8-25-47/h1-45H.